The van der Waals surface area contributed by atoms with Gasteiger partial charge in [0, 0.05) is 11.7 Å². The van der Waals surface area contributed by atoms with Crippen LogP contribution in [0.15, 0.2) is 22.7 Å². The molecule has 152 valence electrons. The first kappa shape index (κ1) is 19.9. The summed E-state index contributed by atoms with van der Waals surface area (Å²) >= 11 is 3.04. The lowest BCUT2D eigenvalue weighted by molar-refractivity contribution is 0.0599. The van der Waals surface area contributed by atoms with E-state index in [0.717, 1.165) is 28.7 Å². The van der Waals surface area contributed by atoms with Gasteiger partial charge in [0.25, 0.3) is 0 Å². The predicted octanol–water partition coefficient (Wildman–Crippen LogP) is 4.44. The van der Waals surface area contributed by atoms with Crippen LogP contribution in [0.5, 0.6) is 0 Å². The number of thiophene rings is 1. The Morgan fingerprint density at radius 3 is 2.72 bits per heavy atom. The second-order valence-corrected chi connectivity index (χ2v) is 9.38. The number of aromatic amines is 1. The Morgan fingerprint density at radius 1 is 1.34 bits per heavy atom. The summed E-state index contributed by atoms with van der Waals surface area (Å²) in [4.78, 5) is 29.3. The average Bonchev–Trinajstić information content (AvgIpc) is 3.11. The zero-order valence-electron chi connectivity index (χ0n) is 16.7. The van der Waals surface area contributed by atoms with E-state index in [1.165, 1.54) is 18.9 Å². The fourth-order valence-corrected chi connectivity index (χ4v) is 5.10. The number of aryl methyl sites for hydroxylation is 1. The Labute approximate surface area is 176 Å². The number of Topliss-reactive ketones (excluding diaryl/α,β-unsaturated/α-hetero) is 1. The number of carbonyl (C=O) groups excluding carboxylic acids is 2. The first-order valence-electron chi connectivity index (χ1n) is 9.39. The molecule has 3 aromatic heterocycles. The third kappa shape index (κ3) is 3.64. The van der Waals surface area contributed by atoms with Gasteiger partial charge in [-0.25, -0.2) is 4.79 Å². The van der Waals surface area contributed by atoms with Gasteiger partial charge in [0.15, 0.2) is 16.8 Å². The standard InChI is InChI=1S/C20H22N4O3S2/c1-10-15(19(26)27-4)11(2)21-16(10)17(25)12(3)29-20-23-22-18(14-6-5-9-28-14)24(20)13-7-8-13/h5-6,9,12-13,21H,7-8H2,1-4H3. The molecule has 1 saturated carbocycles. The van der Waals surface area contributed by atoms with Gasteiger partial charge >= 0.3 is 5.97 Å². The molecule has 0 radical (unpaired) electrons. The summed E-state index contributed by atoms with van der Waals surface area (Å²) in [6, 6.07) is 4.43. The Hall–Kier alpha value is -2.39. The number of esters is 1. The van der Waals surface area contributed by atoms with Crippen molar-refractivity contribution >= 4 is 34.9 Å². The number of hydrogen-bond donors (Lipinski definition) is 1. The minimum atomic E-state index is -0.440. The summed E-state index contributed by atoms with van der Waals surface area (Å²) in [6.07, 6.45) is 2.20. The largest absolute Gasteiger partial charge is 0.465 e. The van der Waals surface area contributed by atoms with Crippen LogP contribution in [0, 0.1) is 13.8 Å². The zero-order valence-corrected chi connectivity index (χ0v) is 18.3. The molecule has 4 rings (SSSR count). The van der Waals surface area contributed by atoms with Gasteiger partial charge in [-0.05, 0) is 50.6 Å². The number of H-pyrrole nitrogens is 1. The molecule has 1 N–H and O–H groups in total. The lowest BCUT2D eigenvalue weighted by Crippen LogP contribution is -2.16. The Morgan fingerprint density at radius 2 is 2.10 bits per heavy atom. The molecule has 0 amide bonds. The van der Waals surface area contributed by atoms with Crippen LogP contribution < -0.4 is 0 Å². The zero-order chi connectivity index (χ0) is 20.7. The van der Waals surface area contributed by atoms with Crippen molar-refractivity contribution < 1.29 is 14.3 Å². The maximum Gasteiger partial charge on any atom is 0.339 e. The van der Waals surface area contributed by atoms with Gasteiger partial charge < -0.3 is 9.72 Å². The third-order valence-corrected chi connectivity index (χ3v) is 6.97. The summed E-state index contributed by atoms with van der Waals surface area (Å²) in [5.74, 6) is 0.350. The molecule has 9 heteroatoms. The molecule has 0 spiro atoms. The van der Waals surface area contributed by atoms with Gasteiger partial charge in [0.1, 0.15) is 0 Å². The molecule has 3 heterocycles. The number of aromatic nitrogens is 4. The van der Waals surface area contributed by atoms with E-state index < -0.39 is 5.97 Å². The lowest BCUT2D eigenvalue weighted by atomic mass is 10.1. The van der Waals surface area contributed by atoms with E-state index in [4.69, 9.17) is 4.74 Å². The van der Waals surface area contributed by atoms with Gasteiger partial charge in [-0.3, -0.25) is 9.36 Å². The van der Waals surface area contributed by atoms with Crippen molar-refractivity contribution in [1.82, 2.24) is 19.7 Å². The SMILES string of the molecule is COC(=O)c1c(C)[nH]c(C(=O)C(C)Sc2nnc(-c3cccs3)n2C2CC2)c1C. The quantitative estimate of drug-likeness (QED) is 0.339. The third-order valence-electron chi connectivity index (χ3n) is 5.04. The number of nitrogens with one attached hydrogen (secondary N) is 1. The first-order chi connectivity index (χ1) is 13.9. The van der Waals surface area contributed by atoms with Crippen LogP contribution in [-0.2, 0) is 4.74 Å². The van der Waals surface area contributed by atoms with E-state index in [2.05, 4.69) is 19.7 Å². The van der Waals surface area contributed by atoms with Gasteiger partial charge in [-0.15, -0.1) is 21.5 Å². The lowest BCUT2D eigenvalue weighted by Gasteiger charge is -2.12. The maximum absolute atomic E-state index is 13.1. The van der Waals surface area contributed by atoms with Crippen LogP contribution >= 0.6 is 23.1 Å². The van der Waals surface area contributed by atoms with E-state index in [0.29, 0.717) is 28.6 Å². The Balaban J connectivity index is 1.60. The highest BCUT2D eigenvalue weighted by Gasteiger charge is 2.33. The van der Waals surface area contributed by atoms with E-state index in [9.17, 15) is 9.59 Å². The van der Waals surface area contributed by atoms with Crippen LogP contribution in [0.25, 0.3) is 10.7 Å². The summed E-state index contributed by atoms with van der Waals surface area (Å²) in [7, 11) is 1.34. The second-order valence-electron chi connectivity index (χ2n) is 7.13. The summed E-state index contributed by atoms with van der Waals surface area (Å²) in [5, 5.41) is 11.2. The Bertz CT molecular complexity index is 1060. The fraction of sp³-hybridized carbons (Fsp3) is 0.400. The number of hydrogen-bond acceptors (Lipinski definition) is 7. The predicted molar refractivity (Wildman–Crippen MR) is 113 cm³/mol. The number of ketones is 1. The van der Waals surface area contributed by atoms with Crippen molar-refractivity contribution in [2.24, 2.45) is 0 Å². The smallest absolute Gasteiger partial charge is 0.339 e. The number of rotatable bonds is 7. The summed E-state index contributed by atoms with van der Waals surface area (Å²) in [5.41, 5.74) is 2.12. The molecular weight excluding hydrogens is 408 g/mol. The van der Waals surface area contributed by atoms with Crippen molar-refractivity contribution in [3.8, 4) is 10.7 Å². The van der Waals surface area contributed by atoms with E-state index >= 15 is 0 Å². The molecule has 0 saturated heterocycles. The van der Waals surface area contributed by atoms with Gasteiger partial charge in [-0.2, -0.15) is 0 Å². The van der Waals surface area contributed by atoms with Crippen LogP contribution in [0.3, 0.4) is 0 Å². The van der Waals surface area contributed by atoms with Crippen molar-refractivity contribution in [1.29, 1.82) is 0 Å². The molecule has 0 bridgehead atoms. The van der Waals surface area contributed by atoms with Gasteiger partial charge in [0.05, 0.1) is 28.5 Å². The minimum absolute atomic E-state index is 0.0752. The molecule has 0 aliphatic heterocycles. The summed E-state index contributed by atoms with van der Waals surface area (Å²) in [6.45, 7) is 5.39. The number of methoxy groups -OCH3 is 1. The monoisotopic (exact) mass is 430 g/mol. The first-order valence-corrected chi connectivity index (χ1v) is 11.2. The number of ether oxygens (including phenoxy) is 1. The Kier molecular flexibility index (Phi) is 5.35. The fourth-order valence-electron chi connectivity index (χ4n) is 3.41. The highest BCUT2D eigenvalue weighted by molar-refractivity contribution is 8.00. The number of thioether (sulfide) groups is 1. The van der Waals surface area contributed by atoms with Crippen molar-refractivity contribution in [3.05, 3.63) is 40.0 Å². The molecule has 1 aliphatic rings. The molecule has 7 nitrogen and oxygen atoms in total. The highest BCUT2D eigenvalue weighted by Crippen LogP contribution is 2.42. The van der Waals surface area contributed by atoms with E-state index in [1.54, 1.807) is 25.2 Å². The highest BCUT2D eigenvalue weighted by atomic mass is 32.2. The van der Waals surface area contributed by atoms with E-state index in [-0.39, 0.29) is 11.0 Å². The topological polar surface area (TPSA) is 89.9 Å². The average molecular weight is 431 g/mol. The second kappa shape index (κ2) is 7.79. The molecule has 0 aromatic carbocycles. The van der Waals surface area contributed by atoms with Crippen molar-refractivity contribution in [2.75, 3.05) is 7.11 Å². The maximum atomic E-state index is 13.1. The van der Waals surface area contributed by atoms with Crippen molar-refractivity contribution in [2.45, 2.75) is 50.1 Å². The van der Waals surface area contributed by atoms with E-state index in [1.807, 2.05) is 24.4 Å². The molecule has 1 atom stereocenters. The summed E-state index contributed by atoms with van der Waals surface area (Å²) < 4.78 is 7.00. The molecule has 1 aliphatic carbocycles. The van der Waals surface area contributed by atoms with Crippen LogP contribution in [0.1, 0.15) is 57.9 Å². The molecule has 1 unspecified atom stereocenters. The van der Waals surface area contributed by atoms with Gasteiger partial charge in [0.2, 0.25) is 0 Å². The molecular formula is C20H22N4O3S2. The van der Waals surface area contributed by atoms with Crippen LogP contribution in [0.2, 0.25) is 0 Å². The van der Waals surface area contributed by atoms with Crippen LogP contribution in [0.4, 0.5) is 0 Å². The molecule has 3 aromatic rings. The van der Waals surface area contributed by atoms with Crippen LogP contribution in [-0.4, -0.2) is 43.9 Å². The number of nitrogens with zero attached hydrogens (tertiary/aromatic N) is 3. The van der Waals surface area contributed by atoms with Gasteiger partial charge in [-0.1, -0.05) is 17.8 Å². The molecule has 29 heavy (non-hydrogen) atoms. The number of carbonyl (C=O) groups is 2. The molecule has 1 fully saturated rings. The minimum Gasteiger partial charge on any atom is -0.465 e. The van der Waals surface area contributed by atoms with Crippen molar-refractivity contribution in [3.63, 3.8) is 0 Å². The normalized spacial score (nSPS) is 14.8.